The molecule has 1 N–H and O–H groups in total. The van der Waals surface area contributed by atoms with Crippen molar-refractivity contribution in [3.63, 3.8) is 0 Å². The van der Waals surface area contributed by atoms with Crippen molar-refractivity contribution < 1.29 is 9.90 Å². The molecule has 1 aromatic carbocycles. The molecular formula is C14H19NO2. The van der Waals surface area contributed by atoms with Crippen LogP contribution in [0.1, 0.15) is 36.5 Å². The molecule has 92 valence electrons. The molecule has 3 heteroatoms. The first kappa shape index (κ1) is 12.1. The van der Waals surface area contributed by atoms with E-state index in [4.69, 9.17) is 0 Å². The molecule has 2 rings (SSSR count). The lowest BCUT2D eigenvalue weighted by Gasteiger charge is -2.18. The summed E-state index contributed by atoms with van der Waals surface area (Å²) in [5.74, 6) is 0.0653. The van der Waals surface area contributed by atoms with Crippen LogP contribution in [0.5, 0.6) is 0 Å². The quantitative estimate of drug-likeness (QED) is 0.868. The molecule has 0 saturated carbocycles. The van der Waals surface area contributed by atoms with E-state index in [9.17, 15) is 9.90 Å². The molecule has 0 bridgehead atoms. The molecular weight excluding hydrogens is 214 g/mol. The Morgan fingerprint density at radius 2 is 1.88 bits per heavy atom. The highest BCUT2D eigenvalue weighted by Crippen LogP contribution is 2.19. The average molecular weight is 233 g/mol. The van der Waals surface area contributed by atoms with E-state index in [1.54, 1.807) is 0 Å². The molecule has 0 aliphatic carbocycles. The third-order valence-corrected chi connectivity index (χ3v) is 3.29. The van der Waals surface area contributed by atoms with Crippen LogP contribution in [0.15, 0.2) is 24.3 Å². The monoisotopic (exact) mass is 233 g/mol. The molecule has 1 amide bonds. The summed E-state index contributed by atoms with van der Waals surface area (Å²) in [6, 6.07) is 7.69. The maximum absolute atomic E-state index is 11.9. The first-order chi connectivity index (χ1) is 8.16. The smallest absolute Gasteiger partial charge is 0.225 e. The molecule has 0 unspecified atom stereocenters. The summed E-state index contributed by atoms with van der Waals surface area (Å²) in [7, 11) is 0. The molecule has 0 spiro atoms. The van der Waals surface area contributed by atoms with Gasteiger partial charge in [-0.2, -0.15) is 0 Å². The number of carbonyl (C=O) groups is 1. The van der Waals surface area contributed by atoms with Crippen molar-refractivity contribution >= 4 is 5.91 Å². The zero-order valence-electron chi connectivity index (χ0n) is 10.2. The van der Waals surface area contributed by atoms with Gasteiger partial charge in [-0.05, 0) is 25.3 Å². The van der Waals surface area contributed by atoms with Gasteiger partial charge in [0.25, 0.3) is 0 Å². The fraction of sp³-hybridized carbons (Fsp3) is 0.500. The average Bonchev–Trinajstić information content (AvgIpc) is 2.83. The normalized spacial score (nSPS) is 17.2. The number of amides is 1. The van der Waals surface area contributed by atoms with E-state index in [1.165, 1.54) is 0 Å². The van der Waals surface area contributed by atoms with Crippen molar-refractivity contribution in [1.29, 1.82) is 0 Å². The van der Waals surface area contributed by atoms with Crippen LogP contribution in [0.25, 0.3) is 0 Å². The minimum Gasteiger partial charge on any atom is -0.388 e. The summed E-state index contributed by atoms with van der Waals surface area (Å²) < 4.78 is 0. The van der Waals surface area contributed by atoms with E-state index in [0.717, 1.165) is 37.1 Å². The predicted molar refractivity (Wildman–Crippen MR) is 66.6 cm³/mol. The Morgan fingerprint density at radius 1 is 1.29 bits per heavy atom. The summed E-state index contributed by atoms with van der Waals surface area (Å²) in [6.45, 7) is 3.70. The first-order valence-corrected chi connectivity index (χ1v) is 6.19. The second-order valence-electron chi connectivity index (χ2n) is 4.72. The van der Waals surface area contributed by atoms with Crippen LogP contribution in [-0.4, -0.2) is 29.0 Å². The molecule has 0 radical (unpaired) electrons. The Bertz CT molecular complexity index is 380. The van der Waals surface area contributed by atoms with Gasteiger partial charge in [0.2, 0.25) is 5.91 Å². The highest BCUT2D eigenvalue weighted by Gasteiger charge is 2.21. The Hall–Kier alpha value is -1.35. The van der Waals surface area contributed by atoms with E-state index in [1.807, 2.05) is 36.1 Å². The van der Waals surface area contributed by atoms with Crippen LogP contribution in [0.3, 0.4) is 0 Å². The van der Waals surface area contributed by atoms with Crippen molar-refractivity contribution in [2.45, 2.75) is 32.3 Å². The molecule has 1 aliphatic rings. The number of nitrogens with zero attached hydrogens (tertiary/aromatic N) is 1. The number of likely N-dealkylation sites (tertiary alicyclic amines) is 1. The molecule has 17 heavy (non-hydrogen) atoms. The van der Waals surface area contributed by atoms with Gasteiger partial charge in [-0.3, -0.25) is 4.79 Å². The van der Waals surface area contributed by atoms with Crippen molar-refractivity contribution in [3.8, 4) is 0 Å². The van der Waals surface area contributed by atoms with Crippen LogP contribution in [0.2, 0.25) is 0 Å². The number of benzene rings is 1. The number of aryl methyl sites for hydroxylation is 1. The van der Waals surface area contributed by atoms with E-state index < -0.39 is 6.10 Å². The van der Waals surface area contributed by atoms with Crippen molar-refractivity contribution in [2.75, 3.05) is 13.1 Å². The van der Waals surface area contributed by atoms with Gasteiger partial charge >= 0.3 is 0 Å². The standard InChI is InChI=1S/C14H19NO2/c1-11-4-6-12(7-5-11)13(16)10-14(17)15-8-2-3-9-15/h4-7,13,16H,2-3,8-10H2,1H3/t13-/m1/s1. The molecule has 1 fully saturated rings. The van der Waals surface area contributed by atoms with E-state index in [2.05, 4.69) is 0 Å². The molecule has 0 aromatic heterocycles. The second-order valence-corrected chi connectivity index (χ2v) is 4.72. The molecule has 1 aliphatic heterocycles. The van der Waals surface area contributed by atoms with E-state index >= 15 is 0 Å². The topological polar surface area (TPSA) is 40.5 Å². The maximum atomic E-state index is 11.9. The number of rotatable bonds is 3. The third-order valence-electron chi connectivity index (χ3n) is 3.29. The fourth-order valence-electron chi connectivity index (χ4n) is 2.17. The van der Waals surface area contributed by atoms with Gasteiger partial charge < -0.3 is 10.0 Å². The number of carbonyl (C=O) groups excluding carboxylic acids is 1. The van der Waals surface area contributed by atoms with Crippen LogP contribution >= 0.6 is 0 Å². The van der Waals surface area contributed by atoms with Crippen LogP contribution in [0, 0.1) is 6.92 Å². The van der Waals surface area contributed by atoms with Gasteiger partial charge in [-0.1, -0.05) is 29.8 Å². The molecule has 3 nitrogen and oxygen atoms in total. The van der Waals surface area contributed by atoms with Crippen molar-refractivity contribution in [1.82, 2.24) is 4.90 Å². The molecule has 1 atom stereocenters. The lowest BCUT2D eigenvalue weighted by atomic mass is 10.0. The minimum absolute atomic E-state index is 0.0653. The van der Waals surface area contributed by atoms with Gasteiger partial charge in [-0.15, -0.1) is 0 Å². The maximum Gasteiger partial charge on any atom is 0.225 e. The minimum atomic E-state index is -0.677. The number of aliphatic hydroxyl groups is 1. The van der Waals surface area contributed by atoms with E-state index in [0.29, 0.717) is 0 Å². The number of hydrogen-bond donors (Lipinski definition) is 1. The van der Waals surface area contributed by atoms with Crippen molar-refractivity contribution in [3.05, 3.63) is 35.4 Å². The summed E-state index contributed by atoms with van der Waals surface area (Å²) >= 11 is 0. The fourth-order valence-corrected chi connectivity index (χ4v) is 2.17. The SMILES string of the molecule is Cc1ccc([C@H](O)CC(=O)N2CCCC2)cc1. The molecule has 1 aromatic rings. The zero-order chi connectivity index (χ0) is 12.3. The Kier molecular flexibility index (Phi) is 3.79. The Balaban J connectivity index is 1.93. The van der Waals surface area contributed by atoms with Crippen molar-refractivity contribution in [2.24, 2.45) is 0 Å². The Morgan fingerprint density at radius 3 is 2.47 bits per heavy atom. The molecule has 1 saturated heterocycles. The summed E-state index contributed by atoms with van der Waals surface area (Å²) in [4.78, 5) is 13.7. The highest BCUT2D eigenvalue weighted by atomic mass is 16.3. The highest BCUT2D eigenvalue weighted by molar-refractivity contribution is 5.77. The first-order valence-electron chi connectivity index (χ1n) is 6.19. The largest absolute Gasteiger partial charge is 0.388 e. The number of hydrogen-bond acceptors (Lipinski definition) is 2. The third kappa shape index (κ3) is 3.07. The predicted octanol–water partition coefficient (Wildman–Crippen LogP) is 2.04. The summed E-state index contributed by atoms with van der Waals surface area (Å²) in [6.07, 6.45) is 1.70. The van der Waals surface area contributed by atoms with Gasteiger partial charge in [0, 0.05) is 13.1 Å². The lowest BCUT2D eigenvalue weighted by Crippen LogP contribution is -2.28. The second kappa shape index (κ2) is 5.32. The number of aliphatic hydroxyl groups excluding tert-OH is 1. The summed E-state index contributed by atoms with van der Waals surface area (Å²) in [5.41, 5.74) is 1.98. The van der Waals surface area contributed by atoms with Crippen LogP contribution in [0.4, 0.5) is 0 Å². The zero-order valence-corrected chi connectivity index (χ0v) is 10.2. The summed E-state index contributed by atoms with van der Waals surface area (Å²) in [5, 5.41) is 9.99. The van der Waals surface area contributed by atoms with Gasteiger partial charge in [0.1, 0.15) is 0 Å². The Labute approximate surface area is 102 Å². The van der Waals surface area contributed by atoms with Crippen LogP contribution < -0.4 is 0 Å². The van der Waals surface area contributed by atoms with Gasteiger partial charge in [0.05, 0.1) is 12.5 Å². The van der Waals surface area contributed by atoms with Gasteiger partial charge in [-0.25, -0.2) is 0 Å². The lowest BCUT2D eigenvalue weighted by molar-refractivity contribution is -0.132. The van der Waals surface area contributed by atoms with Crippen LogP contribution in [-0.2, 0) is 4.79 Å². The molecule has 1 heterocycles. The van der Waals surface area contributed by atoms with E-state index in [-0.39, 0.29) is 12.3 Å². The van der Waals surface area contributed by atoms with Gasteiger partial charge in [0.15, 0.2) is 0 Å².